The Kier molecular flexibility index (Phi) is 11.5. The lowest BCUT2D eigenvalue weighted by molar-refractivity contribution is -0.178. The smallest absolute Gasteiger partial charge is 0.324 e. The van der Waals surface area contributed by atoms with Crippen LogP contribution < -0.4 is 20.1 Å². The van der Waals surface area contributed by atoms with Crippen LogP contribution >= 0.6 is 0 Å². The predicted octanol–water partition coefficient (Wildman–Crippen LogP) is 6.59. The molecule has 0 radical (unpaired) electrons. The van der Waals surface area contributed by atoms with Crippen molar-refractivity contribution in [3.8, 4) is 23.3 Å². The lowest BCUT2D eigenvalue weighted by Crippen LogP contribution is -2.55. The van der Waals surface area contributed by atoms with E-state index in [1.165, 1.54) is 0 Å². The maximum Gasteiger partial charge on any atom is 0.324 e. The van der Waals surface area contributed by atoms with Gasteiger partial charge in [-0.05, 0) is 70.8 Å². The Hall–Kier alpha value is -7.23. The average molecular weight is 840 g/mol. The van der Waals surface area contributed by atoms with E-state index in [0.717, 1.165) is 16.7 Å². The third-order valence-corrected chi connectivity index (χ3v) is 12.2. The van der Waals surface area contributed by atoms with Crippen LogP contribution in [0.1, 0.15) is 63.2 Å². The zero-order valence-electron chi connectivity index (χ0n) is 34.4. The summed E-state index contributed by atoms with van der Waals surface area (Å²) < 4.78 is 18.1. The van der Waals surface area contributed by atoms with Gasteiger partial charge in [-0.3, -0.25) is 19.3 Å². The van der Waals surface area contributed by atoms with Gasteiger partial charge >= 0.3 is 5.97 Å². The highest BCUT2D eigenvalue weighted by Gasteiger charge is 2.74. The molecule has 3 aliphatic heterocycles. The zero-order chi connectivity index (χ0) is 43.5. The quantitative estimate of drug-likeness (QED) is 0.0839. The topological polar surface area (TPSA) is 147 Å². The molecule has 9 rings (SSSR count). The van der Waals surface area contributed by atoms with Crippen molar-refractivity contribution in [2.75, 3.05) is 32.2 Å². The van der Waals surface area contributed by atoms with Crippen LogP contribution in [-0.2, 0) is 24.5 Å². The van der Waals surface area contributed by atoms with Gasteiger partial charge in [0.05, 0.1) is 37.8 Å². The first-order valence-corrected chi connectivity index (χ1v) is 20.9. The summed E-state index contributed by atoms with van der Waals surface area (Å²) in [6.07, 6.45) is -1.95. The van der Waals surface area contributed by atoms with Gasteiger partial charge in [0.1, 0.15) is 35.7 Å². The number of nitrogens with one attached hydrogen (secondary N) is 2. The standard InChI is InChI=1S/C52H45N3O8/c1-61-38-26-23-33(24-27-38)21-22-34-25-28-41-40(31-34)52(51(60)54-41)44(49(58)53-32-42(57)35-13-5-2-6-14-35)46-50(59)63-47(37-17-9-4-10-18-37)45(36-15-7-3-8-16-36)55(46)48(52)39-19-11-12-20-43(39)62-30-29-56/h2-20,23-28,31,42,44-48,56-57H,29-30,32H2,1H3,(H,53,58)(H,54,60). The Morgan fingerprint density at radius 2 is 1.44 bits per heavy atom. The highest BCUT2D eigenvalue weighted by Crippen LogP contribution is 2.65. The first kappa shape index (κ1) is 41.1. The summed E-state index contributed by atoms with van der Waals surface area (Å²) in [5.41, 5.74) is 3.02. The van der Waals surface area contributed by atoms with Crippen molar-refractivity contribution >= 4 is 23.5 Å². The molecule has 2 saturated heterocycles. The molecule has 3 aliphatic rings. The summed E-state index contributed by atoms with van der Waals surface area (Å²) in [5.74, 6) is 4.30. The van der Waals surface area contributed by atoms with Crippen molar-refractivity contribution in [1.82, 2.24) is 10.2 Å². The number of hydrogen-bond acceptors (Lipinski definition) is 9. The molecule has 3 heterocycles. The number of anilines is 1. The second-order valence-corrected chi connectivity index (χ2v) is 15.7. The Morgan fingerprint density at radius 1 is 0.810 bits per heavy atom. The molecule has 7 unspecified atom stereocenters. The fourth-order valence-electron chi connectivity index (χ4n) is 9.55. The minimum Gasteiger partial charge on any atom is -0.497 e. The number of morpholine rings is 1. The molecule has 0 bridgehead atoms. The zero-order valence-corrected chi connectivity index (χ0v) is 34.4. The highest BCUT2D eigenvalue weighted by molar-refractivity contribution is 6.12. The number of rotatable bonds is 11. The number of methoxy groups -OCH3 is 1. The first-order chi connectivity index (χ1) is 30.8. The number of carbonyl (C=O) groups excluding carboxylic acids is 3. The lowest BCUT2D eigenvalue weighted by atomic mass is 9.65. The molecule has 2 fully saturated rings. The SMILES string of the molecule is COc1ccc(C#Cc2ccc3c(c2)C2(C(=O)N3)C(C(=O)NCC(O)c3ccccc3)C3C(=O)OC(c4ccccc4)C(c4ccccc4)N3C2c2ccccc2OCCO)cc1. The van der Waals surface area contributed by atoms with E-state index in [0.29, 0.717) is 39.4 Å². The number of ether oxygens (including phenoxy) is 3. The van der Waals surface area contributed by atoms with Crippen LogP contribution in [0.15, 0.2) is 158 Å². The summed E-state index contributed by atoms with van der Waals surface area (Å²) in [4.78, 5) is 48.2. The van der Waals surface area contributed by atoms with Gasteiger partial charge in [-0.1, -0.05) is 121 Å². The van der Waals surface area contributed by atoms with Crippen LogP contribution in [0.3, 0.4) is 0 Å². The highest BCUT2D eigenvalue weighted by atomic mass is 16.6. The van der Waals surface area contributed by atoms with E-state index in [1.54, 1.807) is 49.6 Å². The van der Waals surface area contributed by atoms with E-state index < -0.39 is 59.5 Å². The Labute approximate surface area is 365 Å². The molecule has 0 aliphatic carbocycles. The second-order valence-electron chi connectivity index (χ2n) is 15.7. The number of fused-ring (bicyclic) bond motifs is 3. The maximum absolute atomic E-state index is 15.6. The van der Waals surface area contributed by atoms with Crippen LogP contribution in [-0.4, -0.2) is 65.8 Å². The fourth-order valence-corrected chi connectivity index (χ4v) is 9.55. The van der Waals surface area contributed by atoms with Gasteiger partial charge in [0.25, 0.3) is 0 Å². The molecule has 0 aromatic heterocycles. The van der Waals surface area contributed by atoms with Gasteiger partial charge in [-0.25, -0.2) is 0 Å². The Bertz CT molecular complexity index is 2690. The average Bonchev–Trinajstić information content (AvgIpc) is 3.81. The molecule has 4 N–H and O–H groups in total. The molecule has 2 amide bonds. The molecule has 7 atom stereocenters. The van der Waals surface area contributed by atoms with E-state index in [2.05, 4.69) is 22.5 Å². The number of amides is 2. The number of cyclic esters (lactones) is 1. The van der Waals surface area contributed by atoms with Gasteiger partial charge in [-0.2, -0.15) is 0 Å². The monoisotopic (exact) mass is 839 g/mol. The Morgan fingerprint density at radius 3 is 2.14 bits per heavy atom. The third-order valence-electron chi connectivity index (χ3n) is 12.2. The van der Waals surface area contributed by atoms with Crippen LogP contribution in [0, 0.1) is 17.8 Å². The molecular formula is C52H45N3O8. The number of aliphatic hydroxyl groups excluding tert-OH is 2. The number of para-hydroxylation sites is 1. The van der Waals surface area contributed by atoms with E-state index in [-0.39, 0.29) is 19.8 Å². The summed E-state index contributed by atoms with van der Waals surface area (Å²) in [5, 5.41) is 27.4. The third kappa shape index (κ3) is 7.48. The van der Waals surface area contributed by atoms with E-state index >= 15 is 14.4 Å². The van der Waals surface area contributed by atoms with Crippen LogP contribution in [0.5, 0.6) is 11.5 Å². The first-order valence-electron chi connectivity index (χ1n) is 20.9. The van der Waals surface area contributed by atoms with E-state index in [1.807, 2.05) is 120 Å². The number of aliphatic hydroxyl groups is 2. The number of esters is 1. The number of nitrogens with zero attached hydrogens (tertiary/aromatic N) is 1. The van der Waals surface area contributed by atoms with Gasteiger partial charge in [0, 0.05) is 28.9 Å². The van der Waals surface area contributed by atoms with Crippen molar-refractivity contribution in [2.24, 2.45) is 5.92 Å². The molecule has 0 saturated carbocycles. The van der Waals surface area contributed by atoms with Crippen LogP contribution in [0.25, 0.3) is 0 Å². The molecule has 11 nitrogen and oxygen atoms in total. The summed E-state index contributed by atoms with van der Waals surface area (Å²) in [6, 6.07) is 44.9. The van der Waals surface area contributed by atoms with Crippen molar-refractivity contribution in [2.45, 2.75) is 35.7 Å². The van der Waals surface area contributed by atoms with Crippen LogP contribution in [0.4, 0.5) is 5.69 Å². The summed E-state index contributed by atoms with van der Waals surface area (Å²) >= 11 is 0. The largest absolute Gasteiger partial charge is 0.497 e. The molecule has 1 spiro atoms. The minimum atomic E-state index is -1.82. The molecule has 11 heteroatoms. The lowest BCUT2D eigenvalue weighted by Gasteiger charge is -2.46. The summed E-state index contributed by atoms with van der Waals surface area (Å²) in [6.45, 7) is -0.527. The van der Waals surface area contributed by atoms with Crippen molar-refractivity contribution in [3.63, 3.8) is 0 Å². The van der Waals surface area contributed by atoms with Gasteiger partial charge < -0.3 is 35.1 Å². The van der Waals surface area contributed by atoms with Crippen LogP contribution in [0.2, 0.25) is 0 Å². The van der Waals surface area contributed by atoms with Crippen molar-refractivity contribution < 1.29 is 38.8 Å². The van der Waals surface area contributed by atoms with E-state index in [4.69, 9.17) is 14.2 Å². The van der Waals surface area contributed by atoms with Crippen molar-refractivity contribution in [1.29, 1.82) is 0 Å². The maximum atomic E-state index is 15.6. The molecule has 63 heavy (non-hydrogen) atoms. The predicted molar refractivity (Wildman–Crippen MR) is 235 cm³/mol. The molecule has 316 valence electrons. The van der Waals surface area contributed by atoms with Crippen molar-refractivity contribution in [3.05, 3.63) is 197 Å². The van der Waals surface area contributed by atoms with E-state index in [9.17, 15) is 10.2 Å². The van der Waals surface area contributed by atoms with Gasteiger partial charge in [0.2, 0.25) is 11.8 Å². The molecule has 6 aromatic rings. The minimum absolute atomic E-state index is 0.0495. The summed E-state index contributed by atoms with van der Waals surface area (Å²) in [7, 11) is 1.60. The molecule has 6 aromatic carbocycles. The fraction of sp³-hybridized carbons (Fsp3) is 0.212. The normalized spacial score (nSPS) is 22.7. The van der Waals surface area contributed by atoms with Gasteiger partial charge in [0.15, 0.2) is 0 Å². The number of benzene rings is 6. The van der Waals surface area contributed by atoms with Gasteiger partial charge in [-0.15, -0.1) is 0 Å². The number of hydrogen-bond donors (Lipinski definition) is 4. The second kappa shape index (κ2) is 17.6. The molecular weight excluding hydrogens is 795 g/mol. The number of carbonyl (C=O) groups is 3. The Balaban J connectivity index is 1.29.